The molecule has 198 valence electrons. The molecule has 1 aliphatic heterocycles. The third-order valence-corrected chi connectivity index (χ3v) is 5.37. The Bertz CT molecular complexity index is 1210. The predicted molar refractivity (Wildman–Crippen MR) is 135 cm³/mol. The maximum atomic E-state index is 13.3. The number of aryl methyl sites for hydroxylation is 1. The van der Waals surface area contributed by atoms with E-state index >= 15 is 0 Å². The van der Waals surface area contributed by atoms with E-state index in [1.807, 2.05) is 45.6 Å². The molecule has 0 spiro atoms. The number of nitrogens with one attached hydrogen (secondary N) is 4. The fourth-order valence-corrected chi connectivity index (χ4v) is 3.78. The molecule has 4 rings (SSSR count). The van der Waals surface area contributed by atoms with E-state index in [1.54, 1.807) is 0 Å². The summed E-state index contributed by atoms with van der Waals surface area (Å²) in [6.07, 6.45) is 3.40. The highest BCUT2D eigenvalue weighted by Crippen LogP contribution is 2.23. The van der Waals surface area contributed by atoms with Crippen molar-refractivity contribution in [3.8, 4) is 0 Å². The molecule has 1 aliphatic rings. The molecule has 0 saturated carbocycles. The fourth-order valence-electron chi connectivity index (χ4n) is 3.78. The molecule has 2 atom stereocenters. The van der Waals surface area contributed by atoms with Gasteiger partial charge in [-0.1, -0.05) is 0 Å². The number of anilines is 4. The molecule has 0 radical (unpaired) electrons. The van der Waals surface area contributed by atoms with Crippen molar-refractivity contribution in [3.63, 3.8) is 0 Å². The van der Waals surface area contributed by atoms with E-state index in [1.165, 1.54) is 0 Å². The number of aromatic nitrogens is 7. The van der Waals surface area contributed by atoms with Crippen LogP contribution in [0.15, 0.2) is 18.5 Å². The van der Waals surface area contributed by atoms with Crippen LogP contribution in [-0.4, -0.2) is 65.9 Å². The SMILES string of the molecule is Cc1cc(Nc2nc(N[C@@H](C)c3ncc(F)cn3)nc(N3CCC[C@H](NC(=O)OC(C)(C)C)C3)n2)n[nH]1. The third kappa shape index (κ3) is 7.44. The minimum atomic E-state index is -0.580. The molecule has 0 aromatic carbocycles. The van der Waals surface area contributed by atoms with E-state index in [2.05, 4.69) is 51.1 Å². The number of H-pyrrole nitrogens is 1. The first-order valence-electron chi connectivity index (χ1n) is 12.1. The largest absolute Gasteiger partial charge is 0.444 e. The maximum Gasteiger partial charge on any atom is 0.407 e. The van der Waals surface area contributed by atoms with Crippen LogP contribution in [-0.2, 0) is 4.74 Å². The molecule has 1 saturated heterocycles. The normalized spacial score (nSPS) is 16.7. The van der Waals surface area contributed by atoms with Crippen molar-refractivity contribution in [1.29, 1.82) is 0 Å². The van der Waals surface area contributed by atoms with Gasteiger partial charge in [0.1, 0.15) is 11.4 Å². The molecule has 4 heterocycles. The molecule has 3 aromatic rings. The number of carbonyl (C=O) groups is 1. The number of halogens is 1. The van der Waals surface area contributed by atoms with E-state index in [-0.39, 0.29) is 17.9 Å². The molecule has 37 heavy (non-hydrogen) atoms. The summed E-state index contributed by atoms with van der Waals surface area (Å²) in [5.41, 5.74) is 0.299. The smallest absolute Gasteiger partial charge is 0.407 e. The Morgan fingerprint density at radius 1 is 1.22 bits per heavy atom. The van der Waals surface area contributed by atoms with Gasteiger partial charge in [0.2, 0.25) is 17.8 Å². The van der Waals surface area contributed by atoms with Crippen LogP contribution in [0.3, 0.4) is 0 Å². The molecular formula is C23H32FN11O2. The van der Waals surface area contributed by atoms with E-state index in [0.29, 0.717) is 30.7 Å². The van der Waals surface area contributed by atoms with Gasteiger partial charge in [-0.25, -0.2) is 19.2 Å². The standard InChI is InChI=1S/C23H32FN11O2/c1-13-9-17(34-33-13)29-20-30-19(27-14(2)18-25-10-15(24)11-26-18)31-21(32-20)35-8-6-7-16(12-35)28-22(36)37-23(3,4)5/h9-11,14,16H,6-8,12H2,1-5H3,(H,28,36)(H3,27,29,30,31,32,33,34)/t14-,16-/m0/s1. The average Bonchev–Trinajstić information content (AvgIpc) is 3.22. The van der Waals surface area contributed by atoms with Gasteiger partial charge in [0.05, 0.1) is 18.4 Å². The van der Waals surface area contributed by atoms with Crippen LogP contribution in [0.2, 0.25) is 0 Å². The first-order valence-corrected chi connectivity index (χ1v) is 12.1. The second-order valence-corrected chi connectivity index (χ2v) is 9.90. The Morgan fingerprint density at radius 3 is 2.62 bits per heavy atom. The average molecular weight is 514 g/mol. The lowest BCUT2D eigenvalue weighted by Gasteiger charge is -2.33. The molecule has 1 fully saturated rings. The predicted octanol–water partition coefficient (Wildman–Crippen LogP) is 3.24. The van der Waals surface area contributed by atoms with E-state index in [0.717, 1.165) is 30.9 Å². The third-order valence-electron chi connectivity index (χ3n) is 5.37. The number of nitrogens with zero attached hydrogens (tertiary/aromatic N) is 7. The summed E-state index contributed by atoms with van der Waals surface area (Å²) < 4.78 is 18.7. The minimum Gasteiger partial charge on any atom is -0.444 e. The number of hydrogen-bond donors (Lipinski definition) is 4. The van der Waals surface area contributed by atoms with Crippen LogP contribution >= 0.6 is 0 Å². The Labute approximate surface area is 214 Å². The lowest BCUT2D eigenvalue weighted by Crippen LogP contribution is -2.49. The van der Waals surface area contributed by atoms with Crippen molar-refractivity contribution in [1.82, 2.24) is 40.4 Å². The molecule has 4 N–H and O–H groups in total. The molecular weight excluding hydrogens is 481 g/mol. The highest BCUT2D eigenvalue weighted by atomic mass is 19.1. The second-order valence-electron chi connectivity index (χ2n) is 9.90. The number of aromatic amines is 1. The van der Waals surface area contributed by atoms with Crippen molar-refractivity contribution in [2.75, 3.05) is 28.6 Å². The van der Waals surface area contributed by atoms with Crippen molar-refractivity contribution < 1.29 is 13.9 Å². The molecule has 0 aliphatic carbocycles. The first kappa shape index (κ1) is 26.0. The molecule has 13 nitrogen and oxygen atoms in total. The van der Waals surface area contributed by atoms with Gasteiger partial charge >= 0.3 is 6.09 Å². The Morgan fingerprint density at radius 2 is 1.95 bits per heavy atom. The number of amides is 1. The second kappa shape index (κ2) is 10.9. The molecule has 1 amide bonds. The van der Waals surface area contributed by atoms with E-state index < -0.39 is 23.6 Å². The Balaban J connectivity index is 1.55. The lowest BCUT2D eigenvalue weighted by atomic mass is 10.1. The van der Waals surface area contributed by atoms with Crippen LogP contribution in [0.1, 0.15) is 58.1 Å². The van der Waals surface area contributed by atoms with Gasteiger partial charge in [0.15, 0.2) is 11.6 Å². The molecule has 0 bridgehead atoms. The summed E-state index contributed by atoms with van der Waals surface area (Å²) in [6.45, 7) is 10.4. The van der Waals surface area contributed by atoms with Crippen LogP contribution < -0.4 is 20.9 Å². The van der Waals surface area contributed by atoms with Gasteiger partial charge in [-0.3, -0.25) is 5.10 Å². The topological polar surface area (TPSA) is 159 Å². The van der Waals surface area contributed by atoms with Crippen molar-refractivity contribution >= 4 is 29.8 Å². The van der Waals surface area contributed by atoms with Crippen LogP contribution in [0.5, 0.6) is 0 Å². The highest BCUT2D eigenvalue weighted by Gasteiger charge is 2.26. The number of carbonyl (C=O) groups excluding carboxylic acids is 1. The number of piperidine rings is 1. The zero-order valence-corrected chi connectivity index (χ0v) is 21.5. The quantitative estimate of drug-likeness (QED) is 0.367. The van der Waals surface area contributed by atoms with Gasteiger partial charge in [0.25, 0.3) is 0 Å². The Hall–Kier alpha value is -4.10. The highest BCUT2D eigenvalue weighted by molar-refractivity contribution is 5.68. The summed E-state index contributed by atoms with van der Waals surface area (Å²) in [5, 5.41) is 16.3. The van der Waals surface area contributed by atoms with Gasteiger partial charge in [-0.05, 0) is 47.5 Å². The summed E-state index contributed by atoms with van der Waals surface area (Å²) in [5.74, 6) is 1.42. The van der Waals surface area contributed by atoms with Crippen molar-refractivity contribution in [3.05, 3.63) is 35.8 Å². The van der Waals surface area contributed by atoms with Crippen molar-refractivity contribution in [2.45, 2.75) is 65.1 Å². The van der Waals surface area contributed by atoms with Gasteiger partial charge < -0.3 is 25.6 Å². The maximum absolute atomic E-state index is 13.3. The zero-order valence-electron chi connectivity index (χ0n) is 21.5. The van der Waals surface area contributed by atoms with Crippen molar-refractivity contribution in [2.24, 2.45) is 0 Å². The van der Waals surface area contributed by atoms with Gasteiger partial charge in [0, 0.05) is 30.9 Å². The summed E-state index contributed by atoms with van der Waals surface area (Å²) >= 11 is 0. The summed E-state index contributed by atoms with van der Waals surface area (Å²) in [7, 11) is 0. The van der Waals surface area contributed by atoms with E-state index in [9.17, 15) is 9.18 Å². The van der Waals surface area contributed by atoms with E-state index in [4.69, 9.17) is 4.74 Å². The van der Waals surface area contributed by atoms with Crippen LogP contribution in [0.25, 0.3) is 0 Å². The summed E-state index contributed by atoms with van der Waals surface area (Å²) in [4.78, 5) is 36.0. The number of hydrogen-bond acceptors (Lipinski definition) is 11. The first-order chi connectivity index (χ1) is 17.5. The molecule has 14 heteroatoms. The number of ether oxygens (including phenoxy) is 1. The fraction of sp³-hybridized carbons (Fsp3) is 0.522. The number of alkyl carbamates (subject to hydrolysis) is 1. The van der Waals surface area contributed by atoms with Gasteiger partial charge in [-0.2, -0.15) is 20.1 Å². The van der Waals surface area contributed by atoms with Crippen LogP contribution in [0, 0.1) is 12.7 Å². The monoisotopic (exact) mass is 513 g/mol. The van der Waals surface area contributed by atoms with Gasteiger partial charge in [-0.15, -0.1) is 0 Å². The molecule has 3 aromatic heterocycles. The molecule has 0 unspecified atom stereocenters. The van der Waals surface area contributed by atoms with Crippen LogP contribution in [0.4, 0.5) is 32.8 Å². The number of rotatable bonds is 7. The minimum absolute atomic E-state index is 0.131. The lowest BCUT2D eigenvalue weighted by molar-refractivity contribution is 0.0500. The summed E-state index contributed by atoms with van der Waals surface area (Å²) in [6, 6.07) is 1.29. The Kier molecular flexibility index (Phi) is 7.64. The zero-order chi connectivity index (χ0) is 26.6.